The molecule has 1 aliphatic rings. The van der Waals surface area contributed by atoms with E-state index in [1.807, 2.05) is 41.1 Å². The Balaban J connectivity index is 1.90. The number of fused-ring (bicyclic) bond motifs is 1. The highest BCUT2D eigenvalue weighted by atomic mass is 35.5. The minimum atomic E-state index is -0.704. The Morgan fingerprint density at radius 3 is 2.76 bits per heavy atom. The Hall–Kier alpha value is -2.01. The van der Waals surface area contributed by atoms with Crippen LogP contribution in [0.1, 0.15) is 16.7 Å². The molecule has 2 aromatic carbocycles. The molecule has 1 unspecified atom stereocenters. The SMILES string of the molecule is COc1ccc2c(c1)COC2(Cn1ccnc1)c1ccc(Cl)cc1Cl. The standard InChI is InChI=1S/C19H16Cl2N2O2/c1-24-15-3-5-16-13(8-15)10-25-19(16,11-23-7-6-22-12-23)17-4-2-14(20)9-18(17)21/h2-9,12H,10-11H2,1H3. The molecule has 1 aromatic heterocycles. The normalized spacial score (nSPS) is 19.0. The number of nitrogens with zero attached hydrogens (tertiary/aromatic N) is 2. The van der Waals surface area contributed by atoms with Crippen LogP contribution in [0.2, 0.25) is 10.0 Å². The molecule has 0 saturated heterocycles. The molecular formula is C19H16Cl2N2O2. The Bertz CT molecular complexity index is 912. The van der Waals surface area contributed by atoms with E-state index in [0.29, 0.717) is 23.2 Å². The Morgan fingerprint density at radius 1 is 1.20 bits per heavy atom. The van der Waals surface area contributed by atoms with Crippen molar-refractivity contribution < 1.29 is 9.47 Å². The quantitative estimate of drug-likeness (QED) is 0.665. The second-order valence-corrected chi connectivity index (χ2v) is 6.84. The highest BCUT2D eigenvalue weighted by Crippen LogP contribution is 2.46. The van der Waals surface area contributed by atoms with E-state index < -0.39 is 5.60 Å². The van der Waals surface area contributed by atoms with E-state index >= 15 is 0 Å². The molecule has 0 fully saturated rings. The highest BCUT2D eigenvalue weighted by molar-refractivity contribution is 6.35. The van der Waals surface area contributed by atoms with Gasteiger partial charge in [0.15, 0.2) is 0 Å². The third kappa shape index (κ3) is 2.80. The summed E-state index contributed by atoms with van der Waals surface area (Å²) in [6.45, 7) is 1.05. The van der Waals surface area contributed by atoms with Gasteiger partial charge in [0, 0.05) is 28.0 Å². The Kier molecular flexibility index (Phi) is 4.20. The van der Waals surface area contributed by atoms with Crippen LogP contribution in [0.5, 0.6) is 5.75 Å². The maximum atomic E-state index is 6.55. The van der Waals surface area contributed by atoms with Gasteiger partial charge in [-0.3, -0.25) is 0 Å². The van der Waals surface area contributed by atoms with Crippen LogP contribution in [0.3, 0.4) is 0 Å². The van der Waals surface area contributed by atoms with Gasteiger partial charge in [0.05, 0.1) is 26.6 Å². The molecule has 6 heteroatoms. The van der Waals surface area contributed by atoms with Crippen LogP contribution in [0.25, 0.3) is 0 Å². The van der Waals surface area contributed by atoms with Crippen molar-refractivity contribution in [3.05, 3.63) is 81.9 Å². The average Bonchev–Trinajstić information content (AvgIpc) is 3.23. The summed E-state index contributed by atoms with van der Waals surface area (Å²) in [6, 6.07) is 11.5. The monoisotopic (exact) mass is 374 g/mol. The maximum Gasteiger partial charge on any atom is 0.138 e. The Morgan fingerprint density at radius 2 is 2.04 bits per heavy atom. The molecule has 1 atom stereocenters. The zero-order valence-electron chi connectivity index (χ0n) is 13.6. The fraction of sp³-hybridized carbons (Fsp3) is 0.211. The molecule has 0 spiro atoms. The van der Waals surface area contributed by atoms with Crippen molar-refractivity contribution in [1.82, 2.24) is 9.55 Å². The van der Waals surface area contributed by atoms with Crippen LogP contribution < -0.4 is 4.74 Å². The molecular weight excluding hydrogens is 359 g/mol. The van der Waals surface area contributed by atoms with Crippen LogP contribution in [0.15, 0.2) is 55.1 Å². The number of imidazole rings is 1. The van der Waals surface area contributed by atoms with Gasteiger partial charge in [0.25, 0.3) is 0 Å². The molecule has 0 bridgehead atoms. The summed E-state index contributed by atoms with van der Waals surface area (Å²) in [5.41, 5.74) is 2.34. The molecule has 0 N–H and O–H groups in total. The molecule has 1 aliphatic heterocycles. The zero-order chi connectivity index (χ0) is 17.4. The predicted molar refractivity (Wildman–Crippen MR) is 97.3 cm³/mol. The molecule has 0 aliphatic carbocycles. The maximum absolute atomic E-state index is 6.55. The molecule has 128 valence electrons. The van der Waals surface area contributed by atoms with Crippen LogP contribution in [0.4, 0.5) is 0 Å². The molecule has 3 aromatic rings. The van der Waals surface area contributed by atoms with E-state index in [2.05, 4.69) is 4.98 Å². The highest BCUT2D eigenvalue weighted by Gasteiger charge is 2.43. The lowest BCUT2D eigenvalue weighted by molar-refractivity contribution is -0.0180. The van der Waals surface area contributed by atoms with Gasteiger partial charge in [-0.1, -0.05) is 35.3 Å². The summed E-state index contributed by atoms with van der Waals surface area (Å²) < 4.78 is 13.7. The summed E-state index contributed by atoms with van der Waals surface area (Å²) in [6.07, 6.45) is 5.44. The molecule has 2 heterocycles. The first-order valence-electron chi connectivity index (χ1n) is 7.85. The molecule has 4 rings (SSSR count). The number of methoxy groups -OCH3 is 1. The van der Waals surface area contributed by atoms with Gasteiger partial charge in [-0.15, -0.1) is 0 Å². The van der Waals surface area contributed by atoms with Crippen LogP contribution in [-0.4, -0.2) is 16.7 Å². The number of benzene rings is 2. The number of rotatable bonds is 4. The van der Waals surface area contributed by atoms with Gasteiger partial charge in [-0.2, -0.15) is 0 Å². The van der Waals surface area contributed by atoms with Gasteiger partial charge < -0.3 is 14.0 Å². The van der Waals surface area contributed by atoms with Crippen molar-refractivity contribution in [2.45, 2.75) is 18.8 Å². The van der Waals surface area contributed by atoms with E-state index in [0.717, 1.165) is 22.4 Å². The molecule has 25 heavy (non-hydrogen) atoms. The van der Waals surface area contributed by atoms with Crippen molar-refractivity contribution in [3.63, 3.8) is 0 Å². The van der Waals surface area contributed by atoms with Gasteiger partial charge >= 0.3 is 0 Å². The van der Waals surface area contributed by atoms with Crippen molar-refractivity contribution in [3.8, 4) is 5.75 Å². The lowest BCUT2D eigenvalue weighted by atomic mass is 9.85. The summed E-state index contributed by atoms with van der Waals surface area (Å²) in [5, 5.41) is 1.18. The fourth-order valence-electron chi connectivity index (χ4n) is 3.38. The first-order chi connectivity index (χ1) is 12.1. The van der Waals surface area contributed by atoms with E-state index in [-0.39, 0.29) is 0 Å². The van der Waals surface area contributed by atoms with Gasteiger partial charge in [0.1, 0.15) is 11.4 Å². The summed E-state index contributed by atoms with van der Waals surface area (Å²) in [4.78, 5) is 4.14. The number of ether oxygens (including phenoxy) is 2. The van der Waals surface area contributed by atoms with Crippen molar-refractivity contribution >= 4 is 23.2 Å². The number of halogens is 2. The number of hydrogen-bond donors (Lipinski definition) is 0. The Labute approximate surface area is 155 Å². The third-order valence-corrected chi connectivity index (χ3v) is 5.10. The second-order valence-electron chi connectivity index (χ2n) is 6.00. The number of aromatic nitrogens is 2. The number of hydrogen-bond acceptors (Lipinski definition) is 3. The van der Waals surface area contributed by atoms with Gasteiger partial charge in [0.2, 0.25) is 0 Å². The first-order valence-corrected chi connectivity index (χ1v) is 8.60. The summed E-state index contributed by atoms with van der Waals surface area (Å²) in [7, 11) is 1.66. The van der Waals surface area contributed by atoms with E-state index in [1.54, 1.807) is 25.7 Å². The van der Waals surface area contributed by atoms with Crippen LogP contribution >= 0.6 is 23.2 Å². The van der Waals surface area contributed by atoms with Crippen LogP contribution in [-0.2, 0) is 23.5 Å². The van der Waals surface area contributed by atoms with Crippen molar-refractivity contribution in [2.75, 3.05) is 7.11 Å². The molecule has 0 radical (unpaired) electrons. The lowest BCUT2D eigenvalue weighted by Crippen LogP contribution is -2.32. The van der Waals surface area contributed by atoms with E-state index in [9.17, 15) is 0 Å². The predicted octanol–water partition coefficient (Wildman–Crippen LogP) is 4.67. The topological polar surface area (TPSA) is 36.3 Å². The van der Waals surface area contributed by atoms with Gasteiger partial charge in [-0.25, -0.2) is 4.98 Å². The third-order valence-electron chi connectivity index (χ3n) is 4.55. The largest absolute Gasteiger partial charge is 0.497 e. The second kappa shape index (κ2) is 6.37. The lowest BCUT2D eigenvalue weighted by Gasteiger charge is -2.31. The minimum Gasteiger partial charge on any atom is -0.497 e. The molecule has 0 amide bonds. The van der Waals surface area contributed by atoms with Gasteiger partial charge in [-0.05, 0) is 35.4 Å². The zero-order valence-corrected chi connectivity index (χ0v) is 15.1. The smallest absolute Gasteiger partial charge is 0.138 e. The summed E-state index contributed by atoms with van der Waals surface area (Å²) in [5.74, 6) is 0.808. The minimum absolute atomic E-state index is 0.486. The van der Waals surface area contributed by atoms with Crippen molar-refractivity contribution in [2.24, 2.45) is 0 Å². The van der Waals surface area contributed by atoms with E-state index in [4.69, 9.17) is 32.7 Å². The van der Waals surface area contributed by atoms with Crippen LogP contribution in [0, 0.1) is 0 Å². The fourth-order valence-corrected chi connectivity index (χ4v) is 3.94. The molecule has 4 nitrogen and oxygen atoms in total. The molecule has 0 saturated carbocycles. The summed E-state index contributed by atoms with van der Waals surface area (Å²) >= 11 is 12.6. The first kappa shape index (κ1) is 16.5. The average molecular weight is 375 g/mol. The van der Waals surface area contributed by atoms with Crippen molar-refractivity contribution in [1.29, 1.82) is 0 Å². The van der Waals surface area contributed by atoms with E-state index in [1.165, 1.54) is 0 Å².